The Kier molecular flexibility index (Phi) is 5.00. The van der Waals surface area contributed by atoms with E-state index in [9.17, 15) is 0 Å². The van der Waals surface area contributed by atoms with E-state index in [0.717, 1.165) is 16.9 Å². The molecule has 2 aromatic carbocycles. The smallest absolute Gasteiger partial charge is 0.182 e. The van der Waals surface area contributed by atoms with E-state index >= 15 is 0 Å². The first-order valence-corrected chi connectivity index (χ1v) is 7.56. The molecule has 24 heavy (non-hydrogen) atoms. The number of hydrogen-bond acceptors (Lipinski definition) is 5. The van der Waals surface area contributed by atoms with Crippen LogP contribution in [0, 0.1) is 11.3 Å². The summed E-state index contributed by atoms with van der Waals surface area (Å²) in [6.07, 6.45) is 3.06. The number of aromatic nitrogens is 2. The molecule has 5 nitrogen and oxygen atoms in total. The van der Waals surface area contributed by atoms with Crippen molar-refractivity contribution in [3.8, 4) is 11.8 Å². The highest BCUT2D eigenvalue weighted by Gasteiger charge is 2.04. The Morgan fingerprint density at radius 1 is 0.958 bits per heavy atom. The maximum absolute atomic E-state index is 9.03. The highest BCUT2D eigenvalue weighted by atomic mass is 16.5. The number of nitrogens with zero attached hydrogens (tertiary/aromatic N) is 3. The summed E-state index contributed by atoms with van der Waals surface area (Å²) in [6, 6.07) is 19.9. The van der Waals surface area contributed by atoms with Crippen LogP contribution in [0.3, 0.4) is 0 Å². The highest BCUT2D eigenvalue weighted by molar-refractivity contribution is 5.47. The minimum absolute atomic E-state index is 0.286. The molecular formula is C19H16N4O. The molecule has 0 radical (unpaired) electrons. The minimum Gasteiger partial charge on any atom is -0.489 e. The molecule has 0 bridgehead atoms. The lowest BCUT2D eigenvalue weighted by atomic mass is 10.2. The molecule has 0 saturated carbocycles. The second-order valence-electron chi connectivity index (χ2n) is 5.14. The monoisotopic (exact) mass is 316 g/mol. The summed E-state index contributed by atoms with van der Waals surface area (Å²) in [6.45, 7) is 1.07. The molecule has 0 saturated heterocycles. The van der Waals surface area contributed by atoms with Gasteiger partial charge in [-0.3, -0.25) is 0 Å². The van der Waals surface area contributed by atoms with E-state index in [1.54, 1.807) is 6.20 Å². The number of hydrogen-bond donors (Lipinski definition) is 1. The zero-order chi connectivity index (χ0) is 16.6. The van der Waals surface area contributed by atoms with Gasteiger partial charge in [-0.15, -0.1) is 0 Å². The van der Waals surface area contributed by atoms with Gasteiger partial charge in [0.15, 0.2) is 11.5 Å². The van der Waals surface area contributed by atoms with Crippen molar-refractivity contribution in [2.24, 2.45) is 0 Å². The molecule has 1 heterocycles. The van der Waals surface area contributed by atoms with Crippen LogP contribution < -0.4 is 10.1 Å². The Bertz CT molecular complexity index is 843. The molecule has 0 aliphatic rings. The van der Waals surface area contributed by atoms with Crippen LogP contribution >= 0.6 is 0 Å². The van der Waals surface area contributed by atoms with Crippen LogP contribution in [0.4, 0.5) is 5.82 Å². The molecule has 5 heteroatoms. The fourth-order valence-corrected chi connectivity index (χ4v) is 2.22. The average Bonchev–Trinajstić information content (AvgIpc) is 2.66. The second-order valence-corrected chi connectivity index (χ2v) is 5.14. The molecule has 0 unspecified atom stereocenters. The van der Waals surface area contributed by atoms with Crippen molar-refractivity contribution >= 4 is 5.82 Å². The van der Waals surface area contributed by atoms with Crippen molar-refractivity contribution in [3.63, 3.8) is 0 Å². The predicted molar refractivity (Wildman–Crippen MR) is 91.3 cm³/mol. The summed E-state index contributed by atoms with van der Waals surface area (Å²) in [5.74, 6) is 1.29. The lowest BCUT2D eigenvalue weighted by Gasteiger charge is -2.09. The summed E-state index contributed by atoms with van der Waals surface area (Å²) in [4.78, 5) is 8.11. The largest absolute Gasteiger partial charge is 0.489 e. The van der Waals surface area contributed by atoms with Crippen molar-refractivity contribution < 1.29 is 4.74 Å². The topological polar surface area (TPSA) is 70.8 Å². The quantitative estimate of drug-likeness (QED) is 0.753. The number of nitrogens with one attached hydrogen (secondary N) is 1. The van der Waals surface area contributed by atoms with Gasteiger partial charge in [0.1, 0.15) is 18.4 Å². The van der Waals surface area contributed by atoms with Crippen molar-refractivity contribution in [2.75, 3.05) is 5.32 Å². The van der Waals surface area contributed by atoms with Crippen molar-refractivity contribution in [3.05, 3.63) is 83.8 Å². The SMILES string of the molecule is N#Cc1nccnc1NCc1cccc(OCc2ccccc2)c1. The first-order valence-electron chi connectivity index (χ1n) is 7.56. The number of benzene rings is 2. The van der Waals surface area contributed by atoms with E-state index in [4.69, 9.17) is 10.00 Å². The van der Waals surface area contributed by atoms with Crippen molar-refractivity contribution in [1.29, 1.82) is 5.26 Å². The molecule has 3 rings (SSSR count). The van der Waals surface area contributed by atoms with Crippen molar-refractivity contribution in [1.82, 2.24) is 9.97 Å². The van der Waals surface area contributed by atoms with Crippen molar-refractivity contribution in [2.45, 2.75) is 13.2 Å². The molecule has 0 fully saturated rings. The third-order valence-corrected chi connectivity index (χ3v) is 3.41. The number of nitriles is 1. The third-order valence-electron chi connectivity index (χ3n) is 3.41. The summed E-state index contributed by atoms with van der Waals surface area (Å²) >= 11 is 0. The standard InChI is InChI=1S/C19H16N4O/c20-12-18-19(22-10-9-21-18)23-13-16-7-4-8-17(11-16)24-14-15-5-2-1-3-6-15/h1-11H,13-14H2,(H,22,23). The zero-order valence-corrected chi connectivity index (χ0v) is 13.0. The average molecular weight is 316 g/mol. The van der Waals surface area contributed by atoms with Gasteiger partial charge in [-0.2, -0.15) is 5.26 Å². The molecular weight excluding hydrogens is 300 g/mol. The molecule has 0 amide bonds. The van der Waals surface area contributed by atoms with Gasteiger partial charge in [-0.05, 0) is 23.3 Å². The van der Waals surface area contributed by atoms with E-state index in [2.05, 4.69) is 15.3 Å². The maximum atomic E-state index is 9.03. The van der Waals surface area contributed by atoms with Crippen LogP contribution in [-0.2, 0) is 13.2 Å². The van der Waals surface area contributed by atoms with Gasteiger partial charge in [0.05, 0.1) is 0 Å². The fraction of sp³-hybridized carbons (Fsp3) is 0.105. The van der Waals surface area contributed by atoms with Gasteiger partial charge < -0.3 is 10.1 Å². The predicted octanol–water partition coefficient (Wildman–Crippen LogP) is 3.54. The van der Waals surface area contributed by atoms with E-state index < -0.39 is 0 Å². The first-order chi connectivity index (χ1) is 11.8. The molecule has 0 aliphatic carbocycles. The van der Waals surface area contributed by atoms with E-state index in [1.165, 1.54) is 6.20 Å². The summed E-state index contributed by atoms with van der Waals surface area (Å²) in [5.41, 5.74) is 2.45. The van der Waals surface area contributed by atoms with Crippen LogP contribution in [-0.4, -0.2) is 9.97 Å². The van der Waals surface area contributed by atoms with Crippen LogP contribution in [0.15, 0.2) is 67.0 Å². The van der Waals surface area contributed by atoms with E-state index in [-0.39, 0.29) is 5.69 Å². The normalized spacial score (nSPS) is 9.96. The Hall–Kier alpha value is -3.39. The zero-order valence-electron chi connectivity index (χ0n) is 13.0. The molecule has 118 valence electrons. The number of rotatable bonds is 6. The van der Waals surface area contributed by atoms with Gasteiger partial charge in [0, 0.05) is 18.9 Å². The molecule has 3 aromatic rings. The van der Waals surface area contributed by atoms with Gasteiger partial charge >= 0.3 is 0 Å². The Morgan fingerprint density at radius 3 is 2.58 bits per heavy atom. The van der Waals surface area contributed by atoms with Gasteiger partial charge in [0.2, 0.25) is 0 Å². The highest BCUT2D eigenvalue weighted by Crippen LogP contribution is 2.16. The summed E-state index contributed by atoms with van der Waals surface area (Å²) in [5, 5.41) is 12.2. The maximum Gasteiger partial charge on any atom is 0.182 e. The van der Waals surface area contributed by atoms with Crippen LogP contribution in [0.2, 0.25) is 0 Å². The van der Waals surface area contributed by atoms with E-state index in [1.807, 2.05) is 60.7 Å². The van der Waals surface area contributed by atoms with Crippen LogP contribution in [0.5, 0.6) is 5.75 Å². The summed E-state index contributed by atoms with van der Waals surface area (Å²) < 4.78 is 5.82. The number of anilines is 1. The second kappa shape index (κ2) is 7.75. The Balaban J connectivity index is 1.62. The first kappa shape index (κ1) is 15.5. The molecule has 1 aromatic heterocycles. The van der Waals surface area contributed by atoms with Gasteiger partial charge in [-0.25, -0.2) is 9.97 Å². The molecule has 0 aliphatic heterocycles. The number of ether oxygens (including phenoxy) is 1. The molecule has 0 atom stereocenters. The van der Waals surface area contributed by atoms with Crippen LogP contribution in [0.1, 0.15) is 16.8 Å². The Labute approximate surface area is 140 Å². The van der Waals surface area contributed by atoms with Gasteiger partial charge in [-0.1, -0.05) is 42.5 Å². The van der Waals surface area contributed by atoms with Crippen LogP contribution in [0.25, 0.3) is 0 Å². The van der Waals surface area contributed by atoms with Gasteiger partial charge in [0.25, 0.3) is 0 Å². The fourth-order valence-electron chi connectivity index (χ4n) is 2.22. The molecule has 1 N–H and O–H groups in total. The van der Waals surface area contributed by atoms with E-state index in [0.29, 0.717) is 19.0 Å². The summed E-state index contributed by atoms with van der Waals surface area (Å²) in [7, 11) is 0. The third kappa shape index (κ3) is 4.08. The lowest BCUT2D eigenvalue weighted by molar-refractivity contribution is 0.306. The Morgan fingerprint density at radius 2 is 1.75 bits per heavy atom. The molecule has 0 spiro atoms. The lowest BCUT2D eigenvalue weighted by Crippen LogP contribution is -2.04. The minimum atomic E-state index is 0.286.